The number of hydrogen-bond donors (Lipinski definition) is 2. The molecule has 0 aliphatic heterocycles. The van der Waals surface area contributed by atoms with Crippen molar-refractivity contribution in [3.8, 4) is 0 Å². The first-order valence-corrected chi connectivity index (χ1v) is 15.7. The van der Waals surface area contributed by atoms with Gasteiger partial charge in [-0.2, -0.15) is 0 Å². The second kappa shape index (κ2) is 27.5. The van der Waals surface area contributed by atoms with Crippen molar-refractivity contribution in [2.45, 2.75) is 168 Å². The first kappa shape index (κ1) is 33.9. The molecule has 0 aliphatic rings. The highest BCUT2D eigenvalue weighted by Gasteiger charge is 2.17. The van der Waals surface area contributed by atoms with E-state index in [4.69, 9.17) is 0 Å². The predicted octanol–water partition coefficient (Wildman–Crippen LogP) is 8.87. The van der Waals surface area contributed by atoms with Gasteiger partial charge in [0.2, 0.25) is 11.8 Å². The highest BCUT2D eigenvalue weighted by atomic mass is 16.2. The second-order valence-corrected chi connectivity index (χ2v) is 10.6. The van der Waals surface area contributed by atoms with Crippen molar-refractivity contribution >= 4 is 11.8 Å². The van der Waals surface area contributed by atoms with Gasteiger partial charge in [-0.25, -0.2) is 0 Å². The Labute approximate surface area is 219 Å². The van der Waals surface area contributed by atoms with Crippen molar-refractivity contribution in [3.05, 3.63) is 0 Å². The standard InChI is InChI=1S/C31H62N2O2/c1-4-7-9-11-13-15-17-19-21-23-27-32-30(34)26-25-29(6-3)31(35)33-28-24-22-20-18-16-14-12-10-8-5-2/h29H,4-28H2,1-3H3,(H,32,34)(H,33,35). The quantitative estimate of drug-likeness (QED) is 0.112. The first-order chi connectivity index (χ1) is 17.2. The summed E-state index contributed by atoms with van der Waals surface area (Å²) in [7, 11) is 0. The minimum atomic E-state index is -0.0406. The Kier molecular flexibility index (Phi) is 26.7. The summed E-state index contributed by atoms with van der Waals surface area (Å²) in [5.41, 5.74) is 0. The Bertz CT molecular complexity index is 467. The van der Waals surface area contributed by atoms with E-state index in [0.29, 0.717) is 12.8 Å². The van der Waals surface area contributed by atoms with Gasteiger partial charge >= 0.3 is 0 Å². The van der Waals surface area contributed by atoms with Gasteiger partial charge in [-0.05, 0) is 25.7 Å². The van der Waals surface area contributed by atoms with Crippen LogP contribution in [0.5, 0.6) is 0 Å². The number of carbonyl (C=O) groups is 2. The molecule has 0 radical (unpaired) electrons. The Morgan fingerprint density at radius 3 is 1.29 bits per heavy atom. The summed E-state index contributed by atoms with van der Waals surface area (Å²) in [6.07, 6.45) is 28.1. The Hall–Kier alpha value is -1.06. The molecule has 0 fully saturated rings. The van der Waals surface area contributed by atoms with Gasteiger partial charge in [-0.15, -0.1) is 0 Å². The van der Waals surface area contributed by atoms with Crippen molar-refractivity contribution in [1.82, 2.24) is 10.6 Å². The number of unbranched alkanes of at least 4 members (excludes halogenated alkanes) is 18. The molecule has 0 rings (SSSR count). The summed E-state index contributed by atoms with van der Waals surface area (Å²) >= 11 is 0. The largest absolute Gasteiger partial charge is 0.356 e. The molecular weight excluding hydrogens is 432 g/mol. The van der Waals surface area contributed by atoms with Gasteiger partial charge in [0.15, 0.2) is 0 Å². The van der Waals surface area contributed by atoms with Crippen LogP contribution in [-0.4, -0.2) is 24.9 Å². The molecule has 4 nitrogen and oxygen atoms in total. The molecule has 35 heavy (non-hydrogen) atoms. The lowest BCUT2D eigenvalue weighted by molar-refractivity contribution is -0.126. The van der Waals surface area contributed by atoms with E-state index >= 15 is 0 Å². The average molecular weight is 495 g/mol. The van der Waals surface area contributed by atoms with Crippen LogP contribution < -0.4 is 10.6 Å². The topological polar surface area (TPSA) is 58.2 Å². The fourth-order valence-electron chi connectivity index (χ4n) is 4.72. The van der Waals surface area contributed by atoms with Crippen molar-refractivity contribution in [2.24, 2.45) is 5.92 Å². The molecular formula is C31H62N2O2. The molecule has 1 unspecified atom stereocenters. The summed E-state index contributed by atoms with van der Waals surface area (Å²) < 4.78 is 0. The fourth-order valence-corrected chi connectivity index (χ4v) is 4.72. The van der Waals surface area contributed by atoms with Crippen LogP contribution >= 0.6 is 0 Å². The maximum atomic E-state index is 12.5. The van der Waals surface area contributed by atoms with Gasteiger partial charge in [-0.1, -0.05) is 136 Å². The van der Waals surface area contributed by atoms with E-state index in [1.807, 2.05) is 6.92 Å². The van der Waals surface area contributed by atoms with Crippen LogP contribution in [0.25, 0.3) is 0 Å². The molecule has 2 N–H and O–H groups in total. The zero-order chi connectivity index (χ0) is 25.8. The maximum absolute atomic E-state index is 12.5. The van der Waals surface area contributed by atoms with Gasteiger partial charge in [0.1, 0.15) is 0 Å². The zero-order valence-electron chi connectivity index (χ0n) is 24.1. The summed E-state index contributed by atoms with van der Waals surface area (Å²) in [5, 5.41) is 6.15. The lowest BCUT2D eigenvalue weighted by atomic mass is 9.99. The molecule has 0 aromatic carbocycles. The van der Waals surface area contributed by atoms with E-state index in [9.17, 15) is 9.59 Å². The van der Waals surface area contributed by atoms with Crippen LogP contribution in [0.2, 0.25) is 0 Å². The third-order valence-corrected chi connectivity index (χ3v) is 7.27. The van der Waals surface area contributed by atoms with Crippen molar-refractivity contribution in [3.63, 3.8) is 0 Å². The maximum Gasteiger partial charge on any atom is 0.223 e. The first-order valence-electron chi connectivity index (χ1n) is 15.7. The third kappa shape index (κ3) is 24.4. The van der Waals surface area contributed by atoms with Crippen molar-refractivity contribution < 1.29 is 9.59 Å². The van der Waals surface area contributed by atoms with Gasteiger partial charge in [0, 0.05) is 25.4 Å². The summed E-state index contributed by atoms with van der Waals surface area (Å²) in [6.45, 7) is 8.12. The number of carbonyl (C=O) groups excluding carboxylic acids is 2. The highest BCUT2D eigenvalue weighted by molar-refractivity contribution is 5.80. The molecule has 0 aliphatic carbocycles. The molecule has 0 spiro atoms. The van der Waals surface area contributed by atoms with Gasteiger partial charge in [0.05, 0.1) is 0 Å². The van der Waals surface area contributed by atoms with E-state index in [-0.39, 0.29) is 17.7 Å². The summed E-state index contributed by atoms with van der Waals surface area (Å²) in [6, 6.07) is 0. The van der Waals surface area contributed by atoms with E-state index in [2.05, 4.69) is 24.5 Å². The molecule has 0 aromatic heterocycles. The smallest absolute Gasteiger partial charge is 0.223 e. The molecule has 1 atom stereocenters. The average Bonchev–Trinajstić information content (AvgIpc) is 2.86. The zero-order valence-corrected chi connectivity index (χ0v) is 24.1. The summed E-state index contributed by atoms with van der Waals surface area (Å²) in [5.74, 6) is 0.189. The van der Waals surface area contributed by atoms with Gasteiger partial charge in [-0.3, -0.25) is 9.59 Å². The van der Waals surface area contributed by atoms with Crippen LogP contribution in [0.15, 0.2) is 0 Å². The Morgan fingerprint density at radius 2 is 0.886 bits per heavy atom. The van der Waals surface area contributed by atoms with Gasteiger partial charge < -0.3 is 10.6 Å². The van der Waals surface area contributed by atoms with Crippen LogP contribution in [0.3, 0.4) is 0 Å². The molecule has 208 valence electrons. The fraction of sp³-hybridized carbons (Fsp3) is 0.935. The lowest BCUT2D eigenvalue weighted by Crippen LogP contribution is -2.32. The molecule has 4 heteroatoms. The third-order valence-electron chi connectivity index (χ3n) is 7.27. The monoisotopic (exact) mass is 494 g/mol. The normalized spacial score (nSPS) is 12.0. The molecule has 0 bridgehead atoms. The molecule has 0 saturated heterocycles. The van der Waals surface area contributed by atoms with E-state index in [0.717, 1.165) is 32.4 Å². The Morgan fingerprint density at radius 1 is 0.514 bits per heavy atom. The van der Waals surface area contributed by atoms with Crippen LogP contribution in [-0.2, 0) is 9.59 Å². The summed E-state index contributed by atoms with van der Waals surface area (Å²) in [4.78, 5) is 24.6. The van der Waals surface area contributed by atoms with Crippen LogP contribution in [0, 0.1) is 5.92 Å². The molecule has 0 saturated carbocycles. The number of rotatable bonds is 27. The van der Waals surface area contributed by atoms with Crippen molar-refractivity contribution in [2.75, 3.05) is 13.1 Å². The predicted molar refractivity (Wildman–Crippen MR) is 153 cm³/mol. The number of amides is 2. The van der Waals surface area contributed by atoms with E-state index < -0.39 is 0 Å². The Balaban J connectivity index is 3.58. The molecule has 2 amide bonds. The van der Waals surface area contributed by atoms with E-state index in [1.54, 1.807) is 0 Å². The lowest BCUT2D eigenvalue weighted by Gasteiger charge is -2.15. The highest BCUT2D eigenvalue weighted by Crippen LogP contribution is 2.13. The SMILES string of the molecule is CCCCCCCCCCCCNC(=O)CCC(CC)C(=O)NCCCCCCCCCCCC. The van der Waals surface area contributed by atoms with Crippen molar-refractivity contribution in [1.29, 1.82) is 0 Å². The molecule has 0 aromatic rings. The van der Waals surface area contributed by atoms with Gasteiger partial charge in [0.25, 0.3) is 0 Å². The van der Waals surface area contributed by atoms with Crippen LogP contribution in [0.1, 0.15) is 168 Å². The minimum absolute atomic E-state index is 0.0406. The molecule has 0 heterocycles. The van der Waals surface area contributed by atoms with E-state index in [1.165, 1.54) is 116 Å². The van der Waals surface area contributed by atoms with Crippen LogP contribution in [0.4, 0.5) is 0 Å². The number of nitrogens with one attached hydrogen (secondary N) is 2. The minimum Gasteiger partial charge on any atom is -0.356 e. The second-order valence-electron chi connectivity index (χ2n) is 10.6. The number of hydrogen-bond acceptors (Lipinski definition) is 2.